The van der Waals surface area contributed by atoms with Crippen LogP contribution in [0.3, 0.4) is 0 Å². The molecular weight excluding hydrogens is 470 g/mol. The van der Waals surface area contributed by atoms with Crippen LogP contribution in [0.25, 0.3) is 23.0 Å². The first-order valence-corrected chi connectivity index (χ1v) is 11.9. The fourth-order valence-electron chi connectivity index (χ4n) is 3.58. The summed E-state index contributed by atoms with van der Waals surface area (Å²) in [4.78, 5) is 15.4. The Kier molecular flexibility index (Phi) is 6.13. The minimum Gasteiger partial charge on any atom is -0.288 e. The number of amides is 1. The molecule has 2 heterocycles. The number of para-hydroxylation sites is 1. The Morgan fingerprint density at radius 2 is 1.61 bits per heavy atom. The van der Waals surface area contributed by atoms with Crippen LogP contribution < -0.4 is 0 Å². The van der Waals surface area contributed by atoms with Gasteiger partial charge in [-0.1, -0.05) is 96.2 Å². The van der Waals surface area contributed by atoms with Crippen LogP contribution in [0.2, 0.25) is 5.02 Å². The number of thioether (sulfide) groups is 1. The SMILES string of the molecule is O=C1C(=Cc2cn(-c3ccccc3)nc2-c2ccc(Cl)cc2)SC(=S)N1Cc1ccccc1. The average molecular weight is 488 g/mol. The molecule has 5 rings (SSSR count). The van der Waals surface area contributed by atoms with Crippen molar-refractivity contribution in [1.29, 1.82) is 0 Å². The summed E-state index contributed by atoms with van der Waals surface area (Å²) in [5, 5.41) is 5.47. The van der Waals surface area contributed by atoms with E-state index >= 15 is 0 Å². The van der Waals surface area contributed by atoms with Gasteiger partial charge in [0, 0.05) is 22.3 Å². The predicted molar refractivity (Wildman–Crippen MR) is 139 cm³/mol. The van der Waals surface area contributed by atoms with Gasteiger partial charge in [-0.2, -0.15) is 5.10 Å². The summed E-state index contributed by atoms with van der Waals surface area (Å²) >= 11 is 12.9. The predicted octanol–water partition coefficient (Wildman–Crippen LogP) is 6.59. The van der Waals surface area contributed by atoms with Gasteiger partial charge in [-0.25, -0.2) is 4.68 Å². The highest BCUT2D eigenvalue weighted by molar-refractivity contribution is 8.26. The molecule has 4 nitrogen and oxygen atoms in total. The Labute approximate surface area is 206 Å². The molecule has 7 heteroatoms. The molecule has 33 heavy (non-hydrogen) atoms. The third kappa shape index (κ3) is 4.64. The van der Waals surface area contributed by atoms with Crippen molar-refractivity contribution >= 4 is 51.9 Å². The van der Waals surface area contributed by atoms with E-state index in [4.69, 9.17) is 28.9 Å². The molecule has 0 spiro atoms. The second-order valence-electron chi connectivity index (χ2n) is 7.47. The van der Waals surface area contributed by atoms with Gasteiger partial charge in [-0.05, 0) is 35.9 Å². The lowest BCUT2D eigenvalue weighted by Gasteiger charge is -2.14. The first kappa shape index (κ1) is 21.6. The van der Waals surface area contributed by atoms with Crippen molar-refractivity contribution in [3.8, 4) is 16.9 Å². The Balaban J connectivity index is 1.53. The third-order valence-corrected chi connectivity index (χ3v) is 6.85. The lowest BCUT2D eigenvalue weighted by Crippen LogP contribution is -2.27. The van der Waals surface area contributed by atoms with Gasteiger partial charge < -0.3 is 0 Å². The number of nitrogens with zero attached hydrogens (tertiary/aromatic N) is 3. The van der Waals surface area contributed by atoms with E-state index in [0.29, 0.717) is 20.8 Å². The standard InChI is InChI=1S/C26H18ClN3OS2/c27-21-13-11-19(12-14-21)24-20(17-30(28-24)22-9-5-2-6-10-22)15-23-25(31)29(26(32)33-23)16-18-7-3-1-4-8-18/h1-15,17H,16H2. The molecule has 1 aromatic heterocycles. The number of carbonyl (C=O) groups is 1. The summed E-state index contributed by atoms with van der Waals surface area (Å²) in [5.74, 6) is -0.0941. The highest BCUT2D eigenvalue weighted by Gasteiger charge is 2.32. The van der Waals surface area contributed by atoms with Crippen LogP contribution in [0.1, 0.15) is 11.1 Å². The molecule has 0 saturated carbocycles. The second kappa shape index (κ2) is 9.35. The average Bonchev–Trinajstić information content (AvgIpc) is 3.37. The van der Waals surface area contributed by atoms with Crippen LogP contribution >= 0.6 is 35.6 Å². The van der Waals surface area contributed by atoms with E-state index in [9.17, 15) is 4.79 Å². The number of rotatable bonds is 5. The van der Waals surface area contributed by atoms with Crippen molar-refractivity contribution < 1.29 is 4.79 Å². The molecule has 162 valence electrons. The molecule has 0 atom stereocenters. The zero-order chi connectivity index (χ0) is 22.8. The smallest absolute Gasteiger partial charge is 0.266 e. The van der Waals surface area contributed by atoms with Crippen molar-refractivity contribution in [2.45, 2.75) is 6.54 Å². The Hall–Kier alpha value is -3.19. The molecule has 0 unspecified atom stereocenters. The quantitative estimate of drug-likeness (QED) is 0.235. The third-order valence-electron chi connectivity index (χ3n) is 5.22. The molecule has 4 aromatic rings. The second-order valence-corrected chi connectivity index (χ2v) is 9.59. The largest absolute Gasteiger partial charge is 0.288 e. The number of hydrogen-bond acceptors (Lipinski definition) is 4. The maximum Gasteiger partial charge on any atom is 0.266 e. The highest BCUT2D eigenvalue weighted by Crippen LogP contribution is 2.35. The number of thiocarbonyl (C=S) groups is 1. The Morgan fingerprint density at radius 1 is 0.939 bits per heavy atom. The maximum atomic E-state index is 13.2. The molecule has 1 fully saturated rings. The van der Waals surface area contributed by atoms with Gasteiger partial charge in [-0.3, -0.25) is 9.69 Å². The van der Waals surface area contributed by atoms with Crippen LogP contribution in [-0.4, -0.2) is 24.9 Å². The highest BCUT2D eigenvalue weighted by atomic mass is 35.5. The normalized spacial score (nSPS) is 14.9. The Bertz CT molecular complexity index is 1350. The molecule has 1 amide bonds. The van der Waals surface area contributed by atoms with Gasteiger partial charge in [0.1, 0.15) is 4.32 Å². The molecule has 1 saturated heterocycles. The number of halogens is 1. The van der Waals surface area contributed by atoms with Gasteiger partial charge in [0.2, 0.25) is 0 Å². The van der Waals surface area contributed by atoms with E-state index in [1.54, 1.807) is 4.90 Å². The van der Waals surface area contributed by atoms with Crippen LogP contribution in [0.15, 0.2) is 96.0 Å². The van der Waals surface area contributed by atoms with E-state index in [1.807, 2.05) is 102 Å². The zero-order valence-corrected chi connectivity index (χ0v) is 19.8. The van der Waals surface area contributed by atoms with Crippen LogP contribution in [-0.2, 0) is 11.3 Å². The van der Waals surface area contributed by atoms with Gasteiger partial charge >= 0.3 is 0 Å². The van der Waals surface area contributed by atoms with E-state index < -0.39 is 0 Å². The van der Waals surface area contributed by atoms with Crippen molar-refractivity contribution in [3.63, 3.8) is 0 Å². The van der Waals surface area contributed by atoms with Gasteiger partial charge in [0.15, 0.2) is 0 Å². The van der Waals surface area contributed by atoms with Crippen LogP contribution in [0, 0.1) is 0 Å². The fraction of sp³-hybridized carbons (Fsp3) is 0.0385. The minimum atomic E-state index is -0.0941. The zero-order valence-electron chi connectivity index (χ0n) is 17.4. The van der Waals surface area contributed by atoms with E-state index in [2.05, 4.69) is 0 Å². The molecule has 0 bridgehead atoms. The summed E-state index contributed by atoms with van der Waals surface area (Å²) in [5.41, 5.74) is 4.49. The molecule has 1 aliphatic rings. The topological polar surface area (TPSA) is 38.1 Å². The van der Waals surface area contributed by atoms with Gasteiger partial charge in [0.05, 0.1) is 22.8 Å². The summed E-state index contributed by atoms with van der Waals surface area (Å²) in [6.45, 7) is 0.455. The molecular formula is C26H18ClN3OS2. The lowest BCUT2D eigenvalue weighted by atomic mass is 10.1. The van der Waals surface area contributed by atoms with E-state index in [0.717, 1.165) is 28.1 Å². The first-order chi connectivity index (χ1) is 16.1. The lowest BCUT2D eigenvalue weighted by molar-refractivity contribution is -0.122. The van der Waals surface area contributed by atoms with Crippen molar-refractivity contribution in [2.24, 2.45) is 0 Å². The van der Waals surface area contributed by atoms with Crippen LogP contribution in [0.5, 0.6) is 0 Å². The Morgan fingerprint density at radius 3 is 2.30 bits per heavy atom. The monoisotopic (exact) mass is 487 g/mol. The molecule has 3 aromatic carbocycles. The molecule has 0 N–H and O–H groups in total. The maximum absolute atomic E-state index is 13.2. The van der Waals surface area contributed by atoms with E-state index in [1.165, 1.54) is 11.8 Å². The fourth-order valence-corrected chi connectivity index (χ4v) is 4.95. The number of hydrogen-bond donors (Lipinski definition) is 0. The summed E-state index contributed by atoms with van der Waals surface area (Å²) < 4.78 is 2.37. The van der Waals surface area contributed by atoms with Crippen LogP contribution in [0.4, 0.5) is 0 Å². The van der Waals surface area contributed by atoms with Gasteiger partial charge in [-0.15, -0.1) is 0 Å². The van der Waals surface area contributed by atoms with E-state index in [-0.39, 0.29) is 5.91 Å². The molecule has 1 aliphatic heterocycles. The van der Waals surface area contributed by atoms with Gasteiger partial charge in [0.25, 0.3) is 5.91 Å². The summed E-state index contributed by atoms with van der Waals surface area (Å²) in [6.07, 6.45) is 3.81. The van der Waals surface area contributed by atoms with Crippen molar-refractivity contribution in [2.75, 3.05) is 0 Å². The first-order valence-electron chi connectivity index (χ1n) is 10.3. The minimum absolute atomic E-state index is 0.0941. The number of benzene rings is 3. The summed E-state index contributed by atoms with van der Waals surface area (Å²) in [6, 6.07) is 27.2. The van der Waals surface area contributed by atoms with Crippen molar-refractivity contribution in [1.82, 2.24) is 14.7 Å². The molecule has 0 radical (unpaired) electrons. The summed E-state index contributed by atoms with van der Waals surface area (Å²) in [7, 11) is 0. The number of carbonyl (C=O) groups excluding carboxylic acids is 1. The number of aromatic nitrogens is 2. The molecule has 0 aliphatic carbocycles. The van der Waals surface area contributed by atoms with Crippen molar-refractivity contribution in [3.05, 3.63) is 112 Å².